The van der Waals surface area contributed by atoms with Crippen molar-refractivity contribution in [3.05, 3.63) is 102 Å². The molecular formula is C26H22Br2N2O2S. The number of aliphatic imine (C=N–C) groups is 1. The van der Waals surface area contributed by atoms with Gasteiger partial charge in [-0.15, -0.1) is 0 Å². The summed E-state index contributed by atoms with van der Waals surface area (Å²) in [6.07, 6.45) is 1.86. The minimum Gasteiger partial charge on any atom is -0.487 e. The van der Waals surface area contributed by atoms with Gasteiger partial charge in [-0.05, 0) is 92.4 Å². The van der Waals surface area contributed by atoms with Gasteiger partial charge in [-0.1, -0.05) is 59.7 Å². The van der Waals surface area contributed by atoms with Crippen LogP contribution in [0.2, 0.25) is 0 Å². The number of rotatable bonds is 6. The standard InChI is InChI=1S/C26H22Br2N2O2S/c1-16-8-17(2)10-20(9-16)14-29-26-30-25(31)23(33-26)13-19-11-21(27)24(22(28)12-19)32-15-18-6-4-3-5-7-18/h3-13H,14-15H2,1-2H3,(H,29,30,31)/b23-13-. The first-order valence-corrected chi connectivity index (χ1v) is 12.8. The lowest BCUT2D eigenvalue weighted by atomic mass is 10.1. The molecule has 0 saturated carbocycles. The van der Waals surface area contributed by atoms with E-state index in [4.69, 9.17) is 4.74 Å². The summed E-state index contributed by atoms with van der Waals surface area (Å²) in [5.41, 5.74) is 5.52. The molecule has 1 amide bonds. The Morgan fingerprint density at radius 1 is 0.970 bits per heavy atom. The van der Waals surface area contributed by atoms with Gasteiger partial charge in [-0.2, -0.15) is 0 Å². The fourth-order valence-corrected chi connectivity index (χ4v) is 5.78. The molecule has 168 valence electrons. The first kappa shape index (κ1) is 23.8. The zero-order valence-electron chi connectivity index (χ0n) is 18.2. The number of thioether (sulfide) groups is 1. The number of amides is 1. The van der Waals surface area contributed by atoms with Crippen LogP contribution in [0.1, 0.15) is 27.8 Å². The van der Waals surface area contributed by atoms with Gasteiger partial charge in [0.05, 0.1) is 20.4 Å². The number of aryl methyl sites for hydroxylation is 2. The summed E-state index contributed by atoms with van der Waals surface area (Å²) in [7, 11) is 0. The van der Waals surface area contributed by atoms with E-state index in [1.54, 1.807) is 0 Å². The van der Waals surface area contributed by atoms with E-state index in [9.17, 15) is 4.79 Å². The minimum atomic E-state index is -0.143. The molecule has 0 aliphatic carbocycles. The predicted octanol–water partition coefficient (Wildman–Crippen LogP) is 7.17. The highest BCUT2D eigenvalue weighted by Crippen LogP contribution is 2.37. The molecule has 1 fully saturated rings. The van der Waals surface area contributed by atoms with E-state index in [1.807, 2.05) is 48.5 Å². The van der Waals surface area contributed by atoms with Gasteiger partial charge in [0.15, 0.2) is 5.17 Å². The van der Waals surface area contributed by atoms with Crippen LogP contribution >= 0.6 is 43.6 Å². The van der Waals surface area contributed by atoms with Crippen LogP contribution in [-0.4, -0.2) is 11.1 Å². The summed E-state index contributed by atoms with van der Waals surface area (Å²) in [4.78, 5) is 17.7. The zero-order valence-corrected chi connectivity index (χ0v) is 22.2. The molecule has 0 atom stereocenters. The number of hydrogen-bond donors (Lipinski definition) is 1. The average molecular weight is 586 g/mol. The van der Waals surface area contributed by atoms with Gasteiger partial charge in [-0.25, -0.2) is 0 Å². The third kappa shape index (κ3) is 6.37. The van der Waals surface area contributed by atoms with Gasteiger partial charge in [0.2, 0.25) is 0 Å². The van der Waals surface area contributed by atoms with Gasteiger partial charge in [0, 0.05) is 0 Å². The third-order valence-electron chi connectivity index (χ3n) is 4.88. The predicted molar refractivity (Wildman–Crippen MR) is 143 cm³/mol. The number of carbonyl (C=O) groups is 1. The van der Waals surface area contributed by atoms with Crippen molar-refractivity contribution < 1.29 is 9.53 Å². The molecule has 7 heteroatoms. The molecule has 1 saturated heterocycles. The van der Waals surface area contributed by atoms with Crippen LogP contribution in [0.4, 0.5) is 0 Å². The fourth-order valence-electron chi connectivity index (χ4n) is 3.51. The molecule has 4 rings (SSSR count). The number of benzene rings is 3. The van der Waals surface area contributed by atoms with Crippen molar-refractivity contribution in [1.29, 1.82) is 0 Å². The van der Waals surface area contributed by atoms with Gasteiger partial charge in [-0.3, -0.25) is 9.79 Å². The number of nitrogens with zero attached hydrogens (tertiary/aromatic N) is 1. The number of halogens is 2. The molecule has 1 aliphatic rings. The smallest absolute Gasteiger partial charge is 0.264 e. The second kappa shape index (κ2) is 10.7. The molecule has 1 aliphatic heterocycles. The summed E-state index contributed by atoms with van der Waals surface area (Å²) >= 11 is 8.54. The van der Waals surface area contributed by atoms with Crippen molar-refractivity contribution in [1.82, 2.24) is 5.32 Å². The molecule has 1 heterocycles. The number of hydrogen-bond acceptors (Lipinski definition) is 4. The van der Waals surface area contributed by atoms with Crippen LogP contribution in [0, 0.1) is 13.8 Å². The molecule has 3 aromatic rings. The molecule has 0 radical (unpaired) electrons. The highest BCUT2D eigenvalue weighted by atomic mass is 79.9. The lowest BCUT2D eigenvalue weighted by Gasteiger charge is -2.11. The van der Waals surface area contributed by atoms with Gasteiger partial charge in [0.1, 0.15) is 12.4 Å². The van der Waals surface area contributed by atoms with Crippen LogP contribution in [0.5, 0.6) is 5.75 Å². The maximum Gasteiger partial charge on any atom is 0.264 e. The molecule has 4 nitrogen and oxygen atoms in total. The van der Waals surface area contributed by atoms with E-state index in [0.717, 1.165) is 31.4 Å². The molecular weight excluding hydrogens is 564 g/mol. The summed E-state index contributed by atoms with van der Waals surface area (Å²) in [6.45, 7) is 5.15. The summed E-state index contributed by atoms with van der Waals surface area (Å²) < 4.78 is 7.61. The Morgan fingerprint density at radius 2 is 1.64 bits per heavy atom. The van der Waals surface area contributed by atoms with Crippen LogP contribution in [-0.2, 0) is 17.9 Å². The third-order valence-corrected chi connectivity index (χ3v) is 7.01. The SMILES string of the molecule is Cc1cc(C)cc(CN=C2NC(=O)/C(=C/c3cc(Br)c(OCc4ccccc4)c(Br)c3)S2)c1. The van der Waals surface area contributed by atoms with E-state index < -0.39 is 0 Å². The van der Waals surface area contributed by atoms with E-state index in [-0.39, 0.29) is 5.91 Å². The summed E-state index contributed by atoms with van der Waals surface area (Å²) in [5.74, 6) is 0.580. The van der Waals surface area contributed by atoms with Crippen molar-refractivity contribution in [3.8, 4) is 5.75 Å². The van der Waals surface area contributed by atoms with Gasteiger partial charge in [0.25, 0.3) is 5.91 Å². The van der Waals surface area contributed by atoms with E-state index in [1.165, 1.54) is 22.9 Å². The second-order valence-corrected chi connectivity index (χ2v) is 10.5. The first-order valence-electron chi connectivity index (χ1n) is 10.4. The highest BCUT2D eigenvalue weighted by Gasteiger charge is 2.24. The second-order valence-electron chi connectivity index (χ2n) is 7.77. The Bertz CT molecular complexity index is 1210. The Kier molecular flexibility index (Phi) is 7.73. The molecule has 0 aromatic heterocycles. The van der Waals surface area contributed by atoms with Crippen molar-refractivity contribution in [3.63, 3.8) is 0 Å². The maximum atomic E-state index is 12.5. The quantitative estimate of drug-likeness (QED) is 0.312. The summed E-state index contributed by atoms with van der Waals surface area (Å²) in [6, 6.07) is 20.3. The molecule has 0 spiro atoms. The van der Waals surface area contributed by atoms with E-state index >= 15 is 0 Å². The lowest BCUT2D eigenvalue weighted by molar-refractivity contribution is -0.115. The number of ether oxygens (including phenoxy) is 1. The maximum absolute atomic E-state index is 12.5. The van der Waals surface area contributed by atoms with E-state index in [2.05, 4.69) is 74.2 Å². The topological polar surface area (TPSA) is 50.7 Å². The minimum absolute atomic E-state index is 0.143. The van der Waals surface area contributed by atoms with Crippen molar-refractivity contribution in [2.75, 3.05) is 0 Å². The van der Waals surface area contributed by atoms with Crippen molar-refractivity contribution in [2.24, 2.45) is 4.99 Å². The Morgan fingerprint density at radius 3 is 2.30 bits per heavy atom. The van der Waals surface area contributed by atoms with E-state index in [0.29, 0.717) is 23.2 Å². The first-order chi connectivity index (χ1) is 15.9. The van der Waals surface area contributed by atoms with Crippen LogP contribution in [0.25, 0.3) is 6.08 Å². The molecule has 0 unspecified atom stereocenters. The molecule has 1 N–H and O–H groups in total. The molecule has 0 bridgehead atoms. The van der Waals surface area contributed by atoms with Crippen molar-refractivity contribution >= 4 is 60.8 Å². The Hall–Kier alpha value is -2.35. The highest BCUT2D eigenvalue weighted by molar-refractivity contribution is 9.11. The number of carbonyl (C=O) groups excluding carboxylic acids is 1. The molecule has 3 aromatic carbocycles. The normalized spacial score (nSPS) is 15.8. The van der Waals surface area contributed by atoms with Crippen LogP contribution in [0.3, 0.4) is 0 Å². The van der Waals surface area contributed by atoms with Gasteiger partial charge < -0.3 is 10.1 Å². The fraction of sp³-hybridized carbons (Fsp3) is 0.154. The summed E-state index contributed by atoms with van der Waals surface area (Å²) in [5, 5.41) is 3.48. The zero-order chi connectivity index (χ0) is 23.4. The van der Waals surface area contributed by atoms with Crippen LogP contribution in [0.15, 0.2) is 79.5 Å². The largest absolute Gasteiger partial charge is 0.487 e. The van der Waals surface area contributed by atoms with Gasteiger partial charge >= 0.3 is 0 Å². The average Bonchev–Trinajstić information content (AvgIpc) is 3.11. The van der Waals surface area contributed by atoms with Crippen LogP contribution < -0.4 is 10.1 Å². The lowest BCUT2D eigenvalue weighted by Crippen LogP contribution is -2.19. The van der Waals surface area contributed by atoms with Crippen molar-refractivity contribution in [2.45, 2.75) is 27.0 Å². The molecule has 33 heavy (non-hydrogen) atoms. The number of nitrogens with one attached hydrogen (secondary N) is 1. The number of amidine groups is 1. The Balaban J connectivity index is 1.46. The Labute approximate surface area is 214 Å². The monoisotopic (exact) mass is 584 g/mol.